The van der Waals surface area contributed by atoms with Gasteiger partial charge in [-0.3, -0.25) is 14.4 Å². The molecule has 0 aromatic rings. The largest absolute Gasteiger partial charge is 0.462 e. The van der Waals surface area contributed by atoms with Crippen molar-refractivity contribution < 1.29 is 38.8 Å². The summed E-state index contributed by atoms with van der Waals surface area (Å²) in [5, 5.41) is 20.2. The number of rotatable bonds is 49. The fourth-order valence-electron chi connectivity index (χ4n) is 7.67. The molecule has 0 rings (SSSR count). The summed E-state index contributed by atoms with van der Waals surface area (Å²) in [6, 6.07) is 0. The summed E-state index contributed by atoms with van der Waals surface area (Å²) in [6.07, 6.45) is 54.1. The fraction of sp³-hybridized carbons (Fsp3) is 0.807. The molecular weight excluding hydrogens is 813 g/mol. The van der Waals surface area contributed by atoms with Gasteiger partial charge in [0.15, 0.2) is 6.10 Å². The maximum absolute atomic E-state index is 12.8. The molecule has 8 heteroatoms. The van der Waals surface area contributed by atoms with E-state index < -0.39 is 18.3 Å². The fourth-order valence-corrected chi connectivity index (χ4v) is 7.67. The van der Waals surface area contributed by atoms with Crippen molar-refractivity contribution >= 4 is 17.9 Å². The number of hydrogen-bond acceptors (Lipinski definition) is 8. The van der Waals surface area contributed by atoms with Crippen LogP contribution in [-0.2, 0) is 28.6 Å². The van der Waals surface area contributed by atoms with Crippen LogP contribution < -0.4 is 0 Å². The van der Waals surface area contributed by atoms with Gasteiger partial charge in [0.25, 0.3) is 0 Å². The third-order valence-corrected chi connectivity index (χ3v) is 12.0. The van der Waals surface area contributed by atoms with Crippen LogP contribution in [0.15, 0.2) is 48.6 Å². The van der Waals surface area contributed by atoms with Crippen molar-refractivity contribution in [2.24, 2.45) is 0 Å². The smallest absolute Gasteiger partial charge is 0.306 e. The van der Waals surface area contributed by atoms with Gasteiger partial charge in [-0.2, -0.15) is 0 Å². The monoisotopic (exact) mass is 915 g/mol. The SMILES string of the molecule is CCCCC/C=C/C/C=C/CCCCCCCC(=O)OC(COC(=O)CCCCCCC/C=C/CCCCCCCC)COC(=O)CCCCCCC/C=C/CC(O)C(O)CCCCC. The number of allylic oxidation sites excluding steroid dienone is 7. The molecule has 65 heavy (non-hydrogen) atoms. The maximum Gasteiger partial charge on any atom is 0.306 e. The molecule has 0 radical (unpaired) electrons. The number of carbonyl (C=O) groups excluding carboxylic acids is 3. The Hall–Kier alpha value is -2.71. The van der Waals surface area contributed by atoms with Gasteiger partial charge in [0.1, 0.15) is 13.2 Å². The molecule has 0 aromatic heterocycles. The molecule has 0 heterocycles. The van der Waals surface area contributed by atoms with Gasteiger partial charge in [-0.1, -0.05) is 191 Å². The van der Waals surface area contributed by atoms with Crippen molar-refractivity contribution in [3.05, 3.63) is 48.6 Å². The molecule has 0 aromatic carbocycles. The molecule has 8 nitrogen and oxygen atoms in total. The number of aliphatic hydroxyl groups excluding tert-OH is 2. The molecule has 3 unspecified atom stereocenters. The molecule has 0 aliphatic carbocycles. The lowest BCUT2D eigenvalue weighted by Gasteiger charge is -2.18. The quantitative estimate of drug-likeness (QED) is 0.0268. The summed E-state index contributed by atoms with van der Waals surface area (Å²) in [5.74, 6) is -0.998. The van der Waals surface area contributed by atoms with Crippen molar-refractivity contribution in [1.29, 1.82) is 0 Å². The van der Waals surface area contributed by atoms with E-state index in [2.05, 4.69) is 63.3 Å². The number of unbranched alkanes of at least 4 members (excludes halogenated alkanes) is 26. The third kappa shape index (κ3) is 47.6. The zero-order chi connectivity index (χ0) is 47.5. The van der Waals surface area contributed by atoms with Crippen LogP contribution in [0.3, 0.4) is 0 Å². The summed E-state index contributed by atoms with van der Waals surface area (Å²) < 4.78 is 16.8. The highest BCUT2D eigenvalue weighted by Crippen LogP contribution is 2.15. The van der Waals surface area contributed by atoms with Crippen molar-refractivity contribution in [2.45, 2.75) is 283 Å². The molecule has 0 aliphatic rings. The first-order chi connectivity index (χ1) is 31.8. The average molecular weight is 915 g/mol. The minimum absolute atomic E-state index is 0.113. The average Bonchev–Trinajstić information content (AvgIpc) is 3.30. The molecule has 2 N–H and O–H groups in total. The Balaban J connectivity index is 4.49. The van der Waals surface area contributed by atoms with E-state index >= 15 is 0 Å². The van der Waals surface area contributed by atoms with Crippen LogP contribution in [0.5, 0.6) is 0 Å². The van der Waals surface area contributed by atoms with Gasteiger partial charge in [-0.15, -0.1) is 0 Å². The molecule has 0 saturated heterocycles. The lowest BCUT2D eigenvalue weighted by Crippen LogP contribution is -2.30. The van der Waals surface area contributed by atoms with E-state index in [9.17, 15) is 24.6 Å². The highest BCUT2D eigenvalue weighted by molar-refractivity contribution is 5.71. The Labute approximate surface area is 400 Å². The van der Waals surface area contributed by atoms with Gasteiger partial charge in [0, 0.05) is 19.3 Å². The van der Waals surface area contributed by atoms with Crippen molar-refractivity contribution in [3.8, 4) is 0 Å². The normalized spacial score (nSPS) is 13.4. The number of carbonyl (C=O) groups is 3. The van der Waals surface area contributed by atoms with Gasteiger partial charge in [0.05, 0.1) is 12.2 Å². The maximum atomic E-state index is 12.8. The zero-order valence-electron chi connectivity index (χ0n) is 42.5. The molecule has 0 saturated carbocycles. The molecule has 3 atom stereocenters. The van der Waals surface area contributed by atoms with Crippen LogP contribution in [0.4, 0.5) is 0 Å². The summed E-state index contributed by atoms with van der Waals surface area (Å²) in [4.78, 5) is 38.1. The number of ether oxygens (including phenoxy) is 3. The van der Waals surface area contributed by atoms with E-state index in [1.54, 1.807) is 0 Å². The van der Waals surface area contributed by atoms with E-state index in [-0.39, 0.29) is 37.5 Å². The second-order valence-corrected chi connectivity index (χ2v) is 18.4. The predicted molar refractivity (Wildman–Crippen MR) is 273 cm³/mol. The van der Waals surface area contributed by atoms with Crippen LogP contribution >= 0.6 is 0 Å². The minimum atomic E-state index is -0.819. The number of hydrogen-bond donors (Lipinski definition) is 2. The molecule has 0 aliphatic heterocycles. The van der Waals surface area contributed by atoms with E-state index in [0.29, 0.717) is 25.7 Å². The van der Waals surface area contributed by atoms with Crippen LogP contribution in [0.1, 0.15) is 265 Å². The van der Waals surface area contributed by atoms with Crippen molar-refractivity contribution in [3.63, 3.8) is 0 Å². The highest BCUT2D eigenvalue weighted by Gasteiger charge is 2.20. The zero-order valence-corrected chi connectivity index (χ0v) is 42.5. The van der Waals surface area contributed by atoms with Crippen LogP contribution in [0.25, 0.3) is 0 Å². The van der Waals surface area contributed by atoms with Gasteiger partial charge >= 0.3 is 17.9 Å². The van der Waals surface area contributed by atoms with Crippen LogP contribution in [0.2, 0.25) is 0 Å². The highest BCUT2D eigenvalue weighted by atomic mass is 16.6. The summed E-state index contributed by atoms with van der Waals surface area (Å²) in [6.45, 7) is 6.38. The van der Waals surface area contributed by atoms with E-state index in [1.807, 2.05) is 6.08 Å². The lowest BCUT2D eigenvalue weighted by atomic mass is 10.0. The number of esters is 3. The van der Waals surface area contributed by atoms with Gasteiger partial charge in [-0.25, -0.2) is 0 Å². The van der Waals surface area contributed by atoms with Crippen LogP contribution in [0, 0.1) is 0 Å². The Morgan fingerprint density at radius 3 is 1.18 bits per heavy atom. The van der Waals surface area contributed by atoms with Gasteiger partial charge in [-0.05, 0) is 103 Å². The minimum Gasteiger partial charge on any atom is -0.462 e. The molecule has 0 amide bonds. The van der Waals surface area contributed by atoms with Gasteiger partial charge in [0.2, 0.25) is 0 Å². The van der Waals surface area contributed by atoms with E-state index in [0.717, 1.165) is 135 Å². The van der Waals surface area contributed by atoms with Crippen molar-refractivity contribution in [2.75, 3.05) is 13.2 Å². The van der Waals surface area contributed by atoms with Gasteiger partial charge < -0.3 is 24.4 Å². The van der Waals surface area contributed by atoms with E-state index in [1.165, 1.54) is 77.0 Å². The first-order valence-corrected chi connectivity index (χ1v) is 27.3. The molecular formula is C57H102O8. The first-order valence-electron chi connectivity index (χ1n) is 27.3. The summed E-state index contributed by atoms with van der Waals surface area (Å²) >= 11 is 0. The molecule has 0 fully saturated rings. The third-order valence-electron chi connectivity index (χ3n) is 12.0. The molecule has 0 bridgehead atoms. The standard InChI is InChI=1S/C57H102O8/c1-4-7-10-12-14-16-18-20-22-24-26-28-33-37-42-47-55(60)63-50-52(65-57(62)49-44-39-35-29-27-25-23-21-19-17-15-13-11-8-5-2)51-64-56(61)48-43-38-34-31-30-32-36-41-46-54(59)53(58)45-40-9-6-3/h15,17,20-23,36,41,52-54,58-59H,4-14,16,18-19,24-35,37-40,42-51H2,1-3H3/b17-15+,22-20+,23-21+,41-36+. The molecule has 0 spiro atoms. The summed E-state index contributed by atoms with van der Waals surface area (Å²) in [5.41, 5.74) is 0. The second kappa shape index (κ2) is 50.7. The van der Waals surface area contributed by atoms with Crippen molar-refractivity contribution in [1.82, 2.24) is 0 Å². The Morgan fingerprint density at radius 1 is 0.385 bits per heavy atom. The topological polar surface area (TPSA) is 119 Å². The second-order valence-electron chi connectivity index (χ2n) is 18.4. The Morgan fingerprint density at radius 2 is 0.723 bits per heavy atom. The number of aliphatic hydroxyl groups is 2. The lowest BCUT2D eigenvalue weighted by molar-refractivity contribution is -0.167. The summed E-state index contributed by atoms with van der Waals surface area (Å²) in [7, 11) is 0. The first kappa shape index (κ1) is 62.3. The Kier molecular flexibility index (Phi) is 48.6. The van der Waals surface area contributed by atoms with E-state index in [4.69, 9.17) is 14.2 Å². The molecule has 378 valence electrons. The predicted octanol–water partition coefficient (Wildman–Crippen LogP) is 15.8. The van der Waals surface area contributed by atoms with Crippen LogP contribution in [-0.4, -0.2) is 59.6 Å². The Bertz CT molecular complexity index is 1180.